The average molecular weight is 490 g/mol. The summed E-state index contributed by atoms with van der Waals surface area (Å²) in [6, 6.07) is 1.53. The topological polar surface area (TPSA) is 91.7 Å². The van der Waals surface area contributed by atoms with E-state index in [-0.39, 0.29) is 22.1 Å². The number of halogens is 1. The summed E-state index contributed by atoms with van der Waals surface area (Å²) < 4.78 is 18.9. The molecule has 3 aliphatic rings. The van der Waals surface area contributed by atoms with Crippen LogP contribution >= 0.6 is 23.4 Å². The second-order valence-corrected chi connectivity index (χ2v) is 9.78. The number of aryl methyl sites for hydroxylation is 1. The van der Waals surface area contributed by atoms with Gasteiger partial charge in [-0.25, -0.2) is 4.98 Å². The lowest BCUT2D eigenvalue weighted by Gasteiger charge is -2.35. The highest BCUT2D eigenvalue weighted by atomic mass is 35.5. The van der Waals surface area contributed by atoms with Crippen LogP contribution in [0.4, 0.5) is 0 Å². The molecule has 8 nitrogen and oxygen atoms in total. The first-order valence-electron chi connectivity index (χ1n) is 10.7. The van der Waals surface area contributed by atoms with Crippen molar-refractivity contribution in [1.29, 1.82) is 0 Å². The Morgan fingerprint density at radius 3 is 2.82 bits per heavy atom. The first-order chi connectivity index (χ1) is 15.9. The molecule has 0 saturated heterocycles. The first-order valence-corrected chi connectivity index (χ1v) is 12.1. The molecule has 3 heterocycles. The number of allylic oxidation sites excluding steroid dienone is 1. The fourth-order valence-corrected chi connectivity index (χ4v) is 5.91. The monoisotopic (exact) mass is 489 g/mol. The molecule has 2 aliphatic heterocycles. The summed E-state index contributed by atoms with van der Waals surface area (Å²) in [5, 5.41) is 4.55. The van der Waals surface area contributed by atoms with E-state index in [0.717, 1.165) is 35.3 Å². The highest BCUT2D eigenvalue weighted by Gasteiger charge is 2.60. The number of thioether (sulfide) groups is 1. The summed E-state index contributed by atoms with van der Waals surface area (Å²) in [5.41, 5.74) is 0.331. The van der Waals surface area contributed by atoms with Crippen LogP contribution in [0.2, 0.25) is 5.02 Å². The molecule has 174 valence electrons. The highest BCUT2D eigenvalue weighted by Crippen LogP contribution is 2.52. The van der Waals surface area contributed by atoms with Gasteiger partial charge in [-0.1, -0.05) is 30.3 Å². The van der Waals surface area contributed by atoms with E-state index in [1.54, 1.807) is 11.8 Å². The van der Waals surface area contributed by atoms with E-state index in [4.69, 9.17) is 25.8 Å². The van der Waals surface area contributed by atoms with Gasteiger partial charge in [-0.3, -0.25) is 9.59 Å². The van der Waals surface area contributed by atoms with Gasteiger partial charge in [0, 0.05) is 55.2 Å². The Balaban J connectivity index is 1.35. The lowest BCUT2D eigenvalue weighted by atomic mass is 9.74. The standard InChI is InChI=1S/C23H24ClN3O5S/c1-12-8-14(25-5-4-13-11-27-6-7-33-22(27)26-13)9-17(28)23(12)21(29)18-15(30-2)10-16(31-3)19(24)20(18)32-23/h9-12,25H,4-8H2,1-3H3. The van der Waals surface area contributed by atoms with E-state index in [1.807, 2.05) is 6.92 Å². The summed E-state index contributed by atoms with van der Waals surface area (Å²) in [6.07, 6.45) is 4.80. The Kier molecular flexibility index (Phi) is 5.56. The van der Waals surface area contributed by atoms with Gasteiger partial charge in [0.1, 0.15) is 22.1 Å². The largest absolute Gasteiger partial charge is 0.496 e. The third kappa shape index (κ3) is 3.40. The molecule has 0 amide bonds. The zero-order chi connectivity index (χ0) is 23.3. The highest BCUT2D eigenvalue weighted by molar-refractivity contribution is 7.99. The van der Waals surface area contributed by atoms with E-state index < -0.39 is 23.1 Å². The van der Waals surface area contributed by atoms with Gasteiger partial charge in [-0.2, -0.15) is 0 Å². The van der Waals surface area contributed by atoms with Crippen molar-refractivity contribution in [2.75, 3.05) is 26.5 Å². The number of benzene rings is 1. The van der Waals surface area contributed by atoms with Gasteiger partial charge in [0.05, 0.1) is 19.9 Å². The van der Waals surface area contributed by atoms with Crippen molar-refractivity contribution in [3.8, 4) is 17.2 Å². The molecular formula is C23H24ClN3O5S. The van der Waals surface area contributed by atoms with Crippen molar-refractivity contribution < 1.29 is 23.8 Å². The van der Waals surface area contributed by atoms with E-state index in [9.17, 15) is 9.59 Å². The van der Waals surface area contributed by atoms with Crippen molar-refractivity contribution in [2.45, 2.75) is 37.1 Å². The second kappa shape index (κ2) is 8.29. The molecule has 0 radical (unpaired) electrons. The Morgan fingerprint density at radius 1 is 1.33 bits per heavy atom. The van der Waals surface area contributed by atoms with Crippen LogP contribution in [-0.2, 0) is 17.8 Å². The number of Topliss-reactive ketones (excluding diaryl/α,β-unsaturated/α-hetero) is 1. The number of methoxy groups -OCH3 is 2. The number of nitrogens with zero attached hydrogens (tertiary/aromatic N) is 2. The lowest BCUT2D eigenvalue weighted by molar-refractivity contribution is -0.129. The Hall–Kier alpha value is -2.65. The third-order valence-corrected chi connectivity index (χ3v) is 7.73. The zero-order valence-electron chi connectivity index (χ0n) is 18.6. The number of aromatic nitrogens is 2. The van der Waals surface area contributed by atoms with E-state index >= 15 is 0 Å². The van der Waals surface area contributed by atoms with Crippen LogP contribution in [-0.4, -0.2) is 53.2 Å². The number of carbonyl (C=O) groups excluding carboxylic acids is 2. The molecule has 1 aromatic carbocycles. The summed E-state index contributed by atoms with van der Waals surface area (Å²) in [7, 11) is 2.91. The molecule has 0 bridgehead atoms. The quantitative estimate of drug-likeness (QED) is 0.618. The second-order valence-electron chi connectivity index (χ2n) is 8.34. The van der Waals surface area contributed by atoms with Crippen LogP contribution in [0.25, 0.3) is 0 Å². The molecule has 1 N–H and O–H groups in total. The number of rotatable bonds is 6. The minimum atomic E-state index is -1.65. The Morgan fingerprint density at radius 2 is 2.12 bits per heavy atom. The predicted molar refractivity (Wildman–Crippen MR) is 124 cm³/mol. The predicted octanol–water partition coefficient (Wildman–Crippen LogP) is 3.30. The number of nitrogens with one attached hydrogen (secondary N) is 1. The Labute approximate surface area is 200 Å². The van der Waals surface area contributed by atoms with Crippen LogP contribution in [0.15, 0.2) is 29.2 Å². The van der Waals surface area contributed by atoms with E-state index in [1.165, 1.54) is 26.4 Å². The summed E-state index contributed by atoms with van der Waals surface area (Å²) in [4.78, 5) is 31.5. The van der Waals surface area contributed by atoms with Gasteiger partial charge in [0.15, 0.2) is 10.9 Å². The fourth-order valence-electron chi connectivity index (χ4n) is 4.69. The van der Waals surface area contributed by atoms with Gasteiger partial charge in [-0.05, 0) is 6.42 Å². The molecule has 10 heteroatoms. The molecule has 2 unspecified atom stereocenters. The van der Waals surface area contributed by atoms with Gasteiger partial charge >= 0.3 is 0 Å². The molecule has 2 atom stereocenters. The zero-order valence-corrected chi connectivity index (χ0v) is 20.1. The van der Waals surface area contributed by atoms with Crippen molar-refractivity contribution >= 4 is 34.9 Å². The number of carbonyl (C=O) groups is 2. The van der Waals surface area contributed by atoms with Crippen LogP contribution in [0.1, 0.15) is 29.4 Å². The maximum absolute atomic E-state index is 13.5. The summed E-state index contributed by atoms with van der Waals surface area (Å²) >= 11 is 8.19. The van der Waals surface area contributed by atoms with Crippen molar-refractivity contribution in [3.05, 3.63) is 40.3 Å². The molecule has 1 spiro atoms. The van der Waals surface area contributed by atoms with Gasteiger partial charge < -0.3 is 24.1 Å². The number of imidazole rings is 1. The molecule has 0 saturated carbocycles. The van der Waals surface area contributed by atoms with Crippen LogP contribution in [0, 0.1) is 5.92 Å². The molecule has 2 aromatic rings. The minimum Gasteiger partial charge on any atom is -0.496 e. The maximum Gasteiger partial charge on any atom is 0.236 e. The normalized spacial score (nSPS) is 23.3. The fraction of sp³-hybridized carbons (Fsp3) is 0.435. The molecule has 5 rings (SSSR count). The number of ether oxygens (including phenoxy) is 3. The smallest absolute Gasteiger partial charge is 0.236 e. The maximum atomic E-state index is 13.5. The number of hydrogen-bond donors (Lipinski definition) is 1. The SMILES string of the molecule is COc1cc(OC)c2c(c1Cl)OC1(C(=O)C=C(NCCc3cn4c(n3)SCC4)CC1C)C2=O. The first kappa shape index (κ1) is 22.2. The van der Waals surface area contributed by atoms with Crippen molar-refractivity contribution in [1.82, 2.24) is 14.9 Å². The van der Waals surface area contributed by atoms with Crippen LogP contribution < -0.4 is 19.5 Å². The Bertz CT molecular complexity index is 1170. The van der Waals surface area contributed by atoms with Crippen LogP contribution in [0.5, 0.6) is 17.2 Å². The molecule has 1 aromatic heterocycles. The summed E-state index contributed by atoms with van der Waals surface area (Å²) in [6.45, 7) is 3.48. The van der Waals surface area contributed by atoms with E-state index in [2.05, 4.69) is 21.1 Å². The van der Waals surface area contributed by atoms with Gasteiger partial charge in [0.25, 0.3) is 0 Å². The minimum absolute atomic E-state index is 0.133. The van der Waals surface area contributed by atoms with Gasteiger partial charge in [-0.15, -0.1) is 0 Å². The number of ketones is 2. The van der Waals surface area contributed by atoms with Crippen LogP contribution in [0.3, 0.4) is 0 Å². The molecule has 1 aliphatic carbocycles. The van der Waals surface area contributed by atoms with Gasteiger partial charge in [0.2, 0.25) is 17.2 Å². The third-order valence-electron chi connectivity index (χ3n) is 6.40. The number of fused-ring (bicyclic) bond motifs is 2. The lowest BCUT2D eigenvalue weighted by Crippen LogP contribution is -2.55. The number of hydrogen-bond acceptors (Lipinski definition) is 8. The molecule has 33 heavy (non-hydrogen) atoms. The van der Waals surface area contributed by atoms with E-state index in [0.29, 0.717) is 18.7 Å². The van der Waals surface area contributed by atoms with Crippen molar-refractivity contribution in [2.24, 2.45) is 5.92 Å². The summed E-state index contributed by atoms with van der Waals surface area (Å²) in [5.74, 6) is 0.548. The molecule has 0 fully saturated rings. The van der Waals surface area contributed by atoms with Crippen molar-refractivity contribution in [3.63, 3.8) is 0 Å². The average Bonchev–Trinajstić information content (AvgIpc) is 3.46. The molecular weight excluding hydrogens is 466 g/mol.